The molecular weight excluding hydrogens is 254 g/mol. The minimum Gasteiger partial charge on any atom is -0.478 e. The molecule has 1 atom stereocenters. The highest BCUT2D eigenvalue weighted by atomic mass is 16.4. The monoisotopic (exact) mass is 271 g/mol. The van der Waals surface area contributed by atoms with Crippen molar-refractivity contribution in [2.24, 2.45) is 7.05 Å². The van der Waals surface area contributed by atoms with Crippen molar-refractivity contribution in [1.82, 2.24) is 15.1 Å². The van der Waals surface area contributed by atoms with Crippen LogP contribution in [0.5, 0.6) is 0 Å². The zero-order chi connectivity index (χ0) is 14.1. The van der Waals surface area contributed by atoms with E-state index in [4.69, 9.17) is 5.11 Å². The lowest BCUT2D eigenvalue weighted by Crippen LogP contribution is -2.21. The highest BCUT2D eigenvalue weighted by molar-refractivity contribution is 5.88. The van der Waals surface area contributed by atoms with Crippen molar-refractivity contribution in [2.75, 3.05) is 0 Å². The summed E-state index contributed by atoms with van der Waals surface area (Å²) < 4.78 is 1.62. The van der Waals surface area contributed by atoms with Crippen molar-refractivity contribution >= 4 is 5.97 Å². The molecule has 0 radical (unpaired) electrons. The molecule has 1 heterocycles. The van der Waals surface area contributed by atoms with Crippen molar-refractivity contribution in [2.45, 2.75) is 25.4 Å². The highest BCUT2D eigenvalue weighted by Crippen LogP contribution is 2.30. The molecule has 2 N–H and O–H groups in total. The van der Waals surface area contributed by atoms with E-state index in [0.717, 1.165) is 12.8 Å². The van der Waals surface area contributed by atoms with E-state index in [-0.39, 0.29) is 5.56 Å². The van der Waals surface area contributed by atoms with Crippen LogP contribution in [-0.2, 0) is 20.0 Å². The summed E-state index contributed by atoms with van der Waals surface area (Å²) in [5.41, 5.74) is 3.69. The van der Waals surface area contributed by atoms with Crippen LogP contribution in [0.1, 0.15) is 39.6 Å². The van der Waals surface area contributed by atoms with Gasteiger partial charge in [-0.1, -0.05) is 24.3 Å². The molecule has 3 rings (SSSR count). The second-order valence-corrected chi connectivity index (χ2v) is 5.10. The van der Waals surface area contributed by atoms with Crippen molar-refractivity contribution < 1.29 is 9.90 Å². The van der Waals surface area contributed by atoms with Gasteiger partial charge < -0.3 is 10.4 Å². The van der Waals surface area contributed by atoms with E-state index in [1.54, 1.807) is 11.7 Å². The van der Waals surface area contributed by atoms with Gasteiger partial charge in [0.15, 0.2) is 0 Å². The lowest BCUT2D eigenvalue weighted by Gasteiger charge is -2.14. The molecule has 5 nitrogen and oxygen atoms in total. The van der Waals surface area contributed by atoms with E-state index in [1.165, 1.54) is 17.3 Å². The third-order valence-electron chi connectivity index (χ3n) is 3.94. The predicted octanol–water partition coefficient (Wildman–Crippen LogP) is 1.90. The summed E-state index contributed by atoms with van der Waals surface area (Å²) in [5, 5.41) is 16.6. The summed E-state index contributed by atoms with van der Waals surface area (Å²) in [4.78, 5) is 11.1. The smallest absolute Gasteiger partial charge is 0.339 e. The molecule has 0 aliphatic heterocycles. The summed E-state index contributed by atoms with van der Waals surface area (Å²) in [7, 11) is 1.77. The molecule has 0 fully saturated rings. The van der Waals surface area contributed by atoms with Crippen LogP contribution in [0.4, 0.5) is 0 Å². The second kappa shape index (κ2) is 5.09. The SMILES string of the molecule is Cn1ncc(C(=O)O)c1CNC1CCc2ccccc21. The topological polar surface area (TPSA) is 67.2 Å². The van der Waals surface area contributed by atoms with Gasteiger partial charge in [0.05, 0.1) is 11.9 Å². The van der Waals surface area contributed by atoms with Crippen LogP contribution in [0, 0.1) is 0 Å². The number of aromatic carboxylic acids is 1. The Morgan fingerprint density at radius 3 is 3.10 bits per heavy atom. The Kier molecular flexibility index (Phi) is 3.28. The number of carboxylic acid groups (broad SMARTS) is 1. The van der Waals surface area contributed by atoms with Crippen molar-refractivity contribution in [3.63, 3.8) is 0 Å². The van der Waals surface area contributed by atoms with Crippen LogP contribution in [0.15, 0.2) is 30.5 Å². The Morgan fingerprint density at radius 2 is 2.30 bits per heavy atom. The van der Waals surface area contributed by atoms with Gasteiger partial charge in [-0.15, -0.1) is 0 Å². The quantitative estimate of drug-likeness (QED) is 0.891. The predicted molar refractivity (Wildman–Crippen MR) is 74.5 cm³/mol. The zero-order valence-electron chi connectivity index (χ0n) is 11.3. The van der Waals surface area contributed by atoms with Gasteiger partial charge in [-0.3, -0.25) is 4.68 Å². The van der Waals surface area contributed by atoms with E-state index in [0.29, 0.717) is 18.3 Å². The van der Waals surface area contributed by atoms with Crippen LogP contribution in [0.3, 0.4) is 0 Å². The van der Waals surface area contributed by atoms with Crippen LogP contribution in [0.25, 0.3) is 0 Å². The second-order valence-electron chi connectivity index (χ2n) is 5.10. The summed E-state index contributed by atoms with van der Waals surface area (Å²) in [6.07, 6.45) is 3.53. The molecule has 1 aliphatic rings. The number of hydrogen-bond donors (Lipinski definition) is 2. The molecule has 1 aliphatic carbocycles. The average Bonchev–Trinajstić information content (AvgIpc) is 3.00. The van der Waals surface area contributed by atoms with Crippen molar-refractivity contribution in [1.29, 1.82) is 0 Å². The maximum absolute atomic E-state index is 11.1. The maximum atomic E-state index is 11.1. The molecule has 1 unspecified atom stereocenters. The first-order valence-corrected chi connectivity index (χ1v) is 6.72. The fraction of sp³-hybridized carbons (Fsp3) is 0.333. The van der Waals surface area contributed by atoms with Gasteiger partial charge in [-0.2, -0.15) is 5.10 Å². The molecule has 0 amide bonds. The number of fused-ring (bicyclic) bond motifs is 1. The van der Waals surface area contributed by atoms with E-state index < -0.39 is 5.97 Å². The minimum absolute atomic E-state index is 0.270. The molecule has 0 saturated carbocycles. The standard InChI is InChI=1S/C15H17N3O2/c1-18-14(12(8-17-18)15(19)20)9-16-13-7-6-10-4-2-3-5-11(10)13/h2-5,8,13,16H,6-7,9H2,1H3,(H,19,20). The third-order valence-corrected chi connectivity index (χ3v) is 3.94. The first-order valence-electron chi connectivity index (χ1n) is 6.72. The minimum atomic E-state index is -0.929. The Bertz CT molecular complexity index is 648. The summed E-state index contributed by atoms with van der Waals surface area (Å²) >= 11 is 0. The molecule has 0 spiro atoms. The first-order chi connectivity index (χ1) is 9.66. The zero-order valence-corrected chi connectivity index (χ0v) is 11.3. The Hall–Kier alpha value is -2.14. The number of carboxylic acids is 1. The van der Waals surface area contributed by atoms with Crippen molar-refractivity contribution in [3.05, 3.63) is 52.8 Å². The molecule has 0 saturated heterocycles. The fourth-order valence-electron chi connectivity index (χ4n) is 2.84. The van der Waals surface area contributed by atoms with Crippen molar-refractivity contribution in [3.8, 4) is 0 Å². The van der Waals surface area contributed by atoms with Gasteiger partial charge in [0.25, 0.3) is 0 Å². The van der Waals surface area contributed by atoms with Crippen LogP contribution in [-0.4, -0.2) is 20.9 Å². The van der Waals surface area contributed by atoms with E-state index in [1.807, 2.05) is 6.07 Å². The number of rotatable bonds is 4. The van der Waals surface area contributed by atoms with Crippen LogP contribution >= 0.6 is 0 Å². The molecule has 20 heavy (non-hydrogen) atoms. The lowest BCUT2D eigenvalue weighted by molar-refractivity contribution is 0.0695. The third kappa shape index (κ3) is 2.20. The summed E-state index contributed by atoms with van der Waals surface area (Å²) in [6, 6.07) is 8.70. The van der Waals surface area contributed by atoms with Crippen LogP contribution in [0.2, 0.25) is 0 Å². The number of benzene rings is 1. The average molecular weight is 271 g/mol. The van der Waals surface area contributed by atoms with E-state index in [9.17, 15) is 4.79 Å². The normalized spacial score (nSPS) is 17.1. The fourth-order valence-corrected chi connectivity index (χ4v) is 2.84. The molecule has 1 aromatic heterocycles. The van der Waals surface area contributed by atoms with Gasteiger partial charge in [-0.25, -0.2) is 4.79 Å². The number of aromatic nitrogens is 2. The Labute approximate surface area is 117 Å². The summed E-state index contributed by atoms with van der Waals surface area (Å²) in [6.45, 7) is 0.511. The van der Waals surface area contributed by atoms with Gasteiger partial charge in [0, 0.05) is 19.6 Å². The Balaban J connectivity index is 1.75. The number of nitrogens with zero attached hydrogens (tertiary/aromatic N) is 2. The van der Waals surface area contributed by atoms with Gasteiger partial charge in [-0.05, 0) is 24.0 Å². The molecule has 2 aromatic rings. The van der Waals surface area contributed by atoms with Crippen LogP contribution < -0.4 is 5.32 Å². The lowest BCUT2D eigenvalue weighted by atomic mass is 10.1. The number of nitrogens with one attached hydrogen (secondary N) is 1. The first kappa shape index (κ1) is 12.9. The Morgan fingerprint density at radius 1 is 1.50 bits per heavy atom. The van der Waals surface area contributed by atoms with Gasteiger partial charge in [0.2, 0.25) is 0 Å². The molecule has 5 heteroatoms. The van der Waals surface area contributed by atoms with Gasteiger partial charge in [0.1, 0.15) is 5.56 Å². The van der Waals surface area contributed by atoms with Gasteiger partial charge >= 0.3 is 5.97 Å². The molecule has 0 bridgehead atoms. The van der Waals surface area contributed by atoms with E-state index in [2.05, 4.69) is 28.6 Å². The summed E-state index contributed by atoms with van der Waals surface area (Å²) in [5.74, 6) is -0.929. The largest absolute Gasteiger partial charge is 0.478 e. The number of carbonyl (C=O) groups is 1. The number of hydrogen-bond acceptors (Lipinski definition) is 3. The number of aryl methyl sites for hydroxylation is 2. The maximum Gasteiger partial charge on any atom is 0.339 e. The molecular formula is C15H17N3O2. The molecule has 1 aromatic carbocycles. The molecule has 104 valence electrons. The van der Waals surface area contributed by atoms with E-state index >= 15 is 0 Å². The highest BCUT2D eigenvalue weighted by Gasteiger charge is 2.22.